The van der Waals surface area contributed by atoms with Gasteiger partial charge in [-0.05, 0) is 17.9 Å². The Morgan fingerprint density at radius 3 is 2.55 bits per heavy atom. The summed E-state index contributed by atoms with van der Waals surface area (Å²) in [6.45, 7) is 0. The highest BCUT2D eigenvalue weighted by Gasteiger charge is 2.40. The standard InChI is InChI=1S/C14H16N2O3S/c1-15-13(17)10-11(16(2)19-12(10)14(15)18)8-6-4-5-7-9(8)20-3/h4-7,11,17-18H,1-3H3. The molecule has 0 bridgehead atoms. The minimum Gasteiger partial charge on any atom is -0.494 e. The maximum atomic E-state index is 10.2. The first-order valence-electron chi connectivity index (χ1n) is 6.20. The predicted molar refractivity (Wildman–Crippen MR) is 77.2 cm³/mol. The van der Waals surface area contributed by atoms with Gasteiger partial charge in [-0.15, -0.1) is 16.8 Å². The summed E-state index contributed by atoms with van der Waals surface area (Å²) in [4.78, 5) is 6.71. The number of thioether (sulfide) groups is 1. The van der Waals surface area contributed by atoms with Crippen molar-refractivity contribution < 1.29 is 15.1 Å². The van der Waals surface area contributed by atoms with Crippen LogP contribution in [0, 0.1) is 0 Å². The van der Waals surface area contributed by atoms with Gasteiger partial charge in [0.25, 0.3) is 0 Å². The molecule has 5 nitrogen and oxygen atoms in total. The molecule has 3 rings (SSSR count). The van der Waals surface area contributed by atoms with Crippen molar-refractivity contribution in [2.75, 3.05) is 13.3 Å². The molecule has 1 aliphatic heterocycles. The second-order valence-electron chi connectivity index (χ2n) is 4.73. The van der Waals surface area contributed by atoms with Crippen LogP contribution in [0.1, 0.15) is 17.2 Å². The van der Waals surface area contributed by atoms with Crippen LogP contribution in [-0.4, -0.2) is 33.1 Å². The van der Waals surface area contributed by atoms with Gasteiger partial charge in [-0.3, -0.25) is 4.57 Å². The van der Waals surface area contributed by atoms with Gasteiger partial charge >= 0.3 is 0 Å². The van der Waals surface area contributed by atoms with Crippen LogP contribution in [0.15, 0.2) is 29.2 Å². The van der Waals surface area contributed by atoms with Gasteiger partial charge in [0.1, 0.15) is 6.04 Å². The maximum absolute atomic E-state index is 10.2. The monoisotopic (exact) mass is 292 g/mol. The van der Waals surface area contributed by atoms with Gasteiger partial charge in [0.2, 0.25) is 17.5 Å². The van der Waals surface area contributed by atoms with Crippen molar-refractivity contribution in [2.24, 2.45) is 7.05 Å². The predicted octanol–water partition coefficient (Wildman–Crippen LogP) is 2.49. The molecule has 0 amide bonds. The highest BCUT2D eigenvalue weighted by molar-refractivity contribution is 7.98. The molecule has 0 aliphatic carbocycles. The summed E-state index contributed by atoms with van der Waals surface area (Å²) in [6, 6.07) is 7.75. The third-order valence-corrected chi connectivity index (χ3v) is 4.44. The number of benzene rings is 1. The highest BCUT2D eigenvalue weighted by atomic mass is 32.2. The van der Waals surface area contributed by atoms with Gasteiger partial charge in [0.15, 0.2) is 0 Å². The van der Waals surface area contributed by atoms with E-state index in [-0.39, 0.29) is 17.8 Å². The largest absolute Gasteiger partial charge is 0.494 e. The van der Waals surface area contributed by atoms with E-state index in [0.717, 1.165) is 10.5 Å². The maximum Gasteiger partial charge on any atom is 0.240 e. The lowest BCUT2D eigenvalue weighted by molar-refractivity contribution is -0.0353. The van der Waals surface area contributed by atoms with E-state index in [1.54, 1.807) is 30.9 Å². The van der Waals surface area contributed by atoms with E-state index in [1.165, 1.54) is 4.57 Å². The Morgan fingerprint density at radius 2 is 1.85 bits per heavy atom. The Morgan fingerprint density at radius 1 is 1.15 bits per heavy atom. The number of fused-ring (bicyclic) bond motifs is 1. The van der Waals surface area contributed by atoms with Gasteiger partial charge in [-0.1, -0.05) is 18.2 Å². The van der Waals surface area contributed by atoms with E-state index in [0.29, 0.717) is 11.3 Å². The number of hydrogen-bond acceptors (Lipinski definition) is 5. The molecule has 1 aromatic heterocycles. The fourth-order valence-corrected chi connectivity index (χ4v) is 3.24. The molecule has 1 aliphatic rings. The molecule has 20 heavy (non-hydrogen) atoms. The quantitative estimate of drug-likeness (QED) is 0.833. The number of hydrogen-bond donors (Lipinski definition) is 2. The lowest BCUT2D eigenvalue weighted by Gasteiger charge is -2.21. The zero-order chi connectivity index (χ0) is 14.4. The number of aromatic hydroxyl groups is 2. The van der Waals surface area contributed by atoms with Crippen molar-refractivity contribution in [1.29, 1.82) is 0 Å². The van der Waals surface area contributed by atoms with Crippen LogP contribution < -0.4 is 4.84 Å². The normalized spacial score (nSPS) is 18.1. The van der Waals surface area contributed by atoms with Crippen LogP contribution in [0.25, 0.3) is 0 Å². The summed E-state index contributed by atoms with van der Waals surface area (Å²) in [7, 11) is 3.39. The molecule has 1 unspecified atom stereocenters. The molecule has 2 N–H and O–H groups in total. The molecule has 0 saturated heterocycles. The fourth-order valence-electron chi connectivity index (χ4n) is 2.61. The molecular formula is C14H16N2O3S. The first-order valence-corrected chi connectivity index (χ1v) is 7.43. The van der Waals surface area contributed by atoms with Crippen molar-refractivity contribution >= 4 is 11.8 Å². The van der Waals surface area contributed by atoms with Gasteiger partial charge in [0, 0.05) is 19.0 Å². The first-order chi connectivity index (χ1) is 9.56. The van der Waals surface area contributed by atoms with E-state index < -0.39 is 0 Å². The zero-order valence-electron chi connectivity index (χ0n) is 11.5. The molecule has 2 aromatic rings. The topological polar surface area (TPSA) is 57.9 Å². The minimum atomic E-state index is -0.235. The van der Waals surface area contributed by atoms with E-state index in [4.69, 9.17) is 4.84 Å². The third kappa shape index (κ3) is 1.68. The molecule has 1 aromatic carbocycles. The molecule has 2 heterocycles. The summed E-state index contributed by atoms with van der Waals surface area (Å²) in [6.07, 6.45) is 2.01. The van der Waals surface area contributed by atoms with Crippen LogP contribution in [0.3, 0.4) is 0 Å². The molecule has 0 saturated carbocycles. The molecular weight excluding hydrogens is 276 g/mol. The van der Waals surface area contributed by atoms with Crippen molar-refractivity contribution in [1.82, 2.24) is 9.63 Å². The average Bonchev–Trinajstić information content (AvgIpc) is 2.90. The number of nitrogens with zero attached hydrogens (tertiary/aromatic N) is 2. The molecule has 1 atom stereocenters. The Kier molecular flexibility index (Phi) is 3.07. The van der Waals surface area contributed by atoms with E-state index >= 15 is 0 Å². The van der Waals surface area contributed by atoms with E-state index in [9.17, 15) is 10.2 Å². The Labute approximate surface area is 121 Å². The van der Waals surface area contributed by atoms with E-state index in [1.807, 2.05) is 30.5 Å². The number of hydroxylamine groups is 2. The molecule has 106 valence electrons. The van der Waals surface area contributed by atoms with Crippen LogP contribution in [0.5, 0.6) is 17.5 Å². The SMILES string of the molecule is CSc1ccccc1C1c2c(c(O)n(C)c2O)ON1C. The Balaban J connectivity index is 2.20. The Bertz CT molecular complexity index is 669. The lowest BCUT2D eigenvalue weighted by atomic mass is 10.0. The van der Waals surface area contributed by atoms with Crippen LogP contribution >= 0.6 is 11.8 Å². The molecule has 6 heteroatoms. The lowest BCUT2D eigenvalue weighted by Crippen LogP contribution is -2.23. The summed E-state index contributed by atoms with van der Waals surface area (Å²) < 4.78 is 1.33. The van der Waals surface area contributed by atoms with Crippen LogP contribution in [-0.2, 0) is 7.05 Å². The third-order valence-electron chi connectivity index (χ3n) is 3.63. The summed E-state index contributed by atoms with van der Waals surface area (Å²) >= 11 is 1.64. The summed E-state index contributed by atoms with van der Waals surface area (Å²) in [5.74, 6) is 0.296. The van der Waals surface area contributed by atoms with Crippen molar-refractivity contribution in [3.8, 4) is 17.5 Å². The van der Waals surface area contributed by atoms with Gasteiger partial charge in [-0.2, -0.15) is 0 Å². The van der Waals surface area contributed by atoms with Gasteiger partial charge < -0.3 is 15.1 Å². The molecule has 0 fully saturated rings. The minimum absolute atomic E-state index is 0.0303. The Hall–Kier alpha value is -1.79. The van der Waals surface area contributed by atoms with Crippen molar-refractivity contribution in [3.63, 3.8) is 0 Å². The molecule has 0 radical (unpaired) electrons. The van der Waals surface area contributed by atoms with Crippen molar-refractivity contribution in [2.45, 2.75) is 10.9 Å². The highest BCUT2D eigenvalue weighted by Crippen LogP contribution is 2.52. The average molecular weight is 292 g/mol. The molecule has 0 spiro atoms. The second-order valence-corrected chi connectivity index (χ2v) is 5.58. The smallest absolute Gasteiger partial charge is 0.240 e. The number of rotatable bonds is 2. The van der Waals surface area contributed by atoms with E-state index in [2.05, 4.69) is 0 Å². The first kappa shape index (κ1) is 13.2. The summed E-state index contributed by atoms with van der Waals surface area (Å²) in [5.41, 5.74) is 1.65. The van der Waals surface area contributed by atoms with Crippen LogP contribution in [0.2, 0.25) is 0 Å². The zero-order valence-corrected chi connectivity index (χ0v) is 12.3. The number of aromatic nitrogens is 1. The fraction of sp³-hybridized carbons (Fsp3) is 0.286. The van der Waals surface area contributed by atoms with Crippen molar-refractivity contribution in [3.05, 3.63) is 35.4 Å². The summed E-state index contributed by atoms with van der Waals surface area (Å²) in [5, 5.41) is 21.9. The van der Waals surface area contributed by atoms with Gasteiger partial charge in [0.05, 0.1) is 5.56 Å². The second kappa shape index (κ2) is 4.64. The van der Waals surface area contributed by atoms with Gasteiger partial charge in [-0.25, -0.2) is 0 Å². The van der Waals surface area contributed by atoms with Crippen LogP contribution in [0.4, 0.5) is 0 Å².